The first-order chi connectivity index (χ1) is 9.16. The van der Waals surface area contributed by atoms with Crippen LogP contribution in [-0.2, 0) is 4.79 Å². The van der Waals surface area contributed by atoms with E-state index in [9.17, 15) is 9.90 Å². The molecule has 112 valence electrons. The third kappa shape index (κ3) is 2.86. The molecule has 1 aromatic heterocycles. The Kier molecular flexibility index (Phi) is 5.07. The van der Waals surface area contributed by atoms with Gasteiger partial charge in [0.2, 0.25) is 5.91 Å². The van der Waals surface area contributed by atoms with Crippen LogP contribution in [0.25, 0.3) is 0 Å². The summed E-state index contributed by atoms with van der Waals surface area (Å²) in [5.41, 5.74) is 7.01. The van der Waals surface area contributed by atoms with Crippen LogP contribution in [-0.4, -0.2) is 23.6 Å². The van der Waals surface area contributed by atoms with Crippen LogP contribution in [0.4, 0.5) is 0 Å². The van der Waals surface area contributed by atoms with Crippen molar-refractivity contribution in [2.24, 2.45) is 23.5 Å². The normalized spacial score (nSPS) is 32.7. The summed E-state index contributed by atoms with van der Waals surface area (Å²) in [6.45, 7) is 0.274. The Labute approximate surface area is 129 Å². The summed E-state index contributed by atoms with van der Waals surface area (Å²) in [4.78, 5) is 12.2. The van der Waals surface area contributed by atoms with E-state index in [2.05, 4.69) is 5.32 Å². The minimum Gasteiger partial charge on any atom is -0.387 e. The van der Waals surface area contributed by atoms with Crippen LogP contribution in [0.15, 0.2) is 16.8 Å². The van der Waals surface area contributed by atoms with Crippen LogP contribution in [0.2, 0.25) is 0 Å². The van der Waals surface area contributed by atoms with Gasteiger partial charge in [-0.05, 0) is 53.5 Å². The van der Waals surface area contributed by atoms with Crippen molar-refractivity contribution < 1.29 is 9.90 Å². The van der Waals surface area contributed by atoms with Gasteiger partial charge in [0.25, 0.3) is 0 Å². The van der Waals surface area contributed by atoms with Crippen molar-refractivity contribution in [2.45, 2.75) is 31.4 Å². The van der Waals surface area contributed by atoms with Crippen molar-refractivity contribution >= 4 is 29.7 Å². The lowest BCUT2D eigenvalue weighted by Gasteiger charge is -2.27. The van der Waals surface area contributed by atoms with Gasteiger partial charge in [-0.15, -0.1) is 12.4 Å². The van der Waals surface area contributed by atoms with E-state index in [1.807, 2.05) is 16.8 Å². The number of fused-ring (bicyclic) bond motifs is 2. The number of amides is 1. The third-order valence-electron chi connectivity index (χ3n) is 4.68. The molecule has 2 aliphatic carbocycles. The van der Waals surface area contributed by atoms with E-state index in [0.717, 1.165) is 18.4 Å². The number of hydrogen-bond acceptors (Lipinski definition) is 4. The summed E-state index contributed by atoms with van der Waals surface area (Å²) in [5, 5.41) is 16.6. The summed E-state index contributed by atoms with van der Waals surface area (Å²) in [6.07, 6.45) is 2.79. The zero-order valence-corrected chi connectivity index (χ0v) is 12.8. The molecule has 0 radical (unpaired) electrons. The van der Waals surface area contributed by atoms with Crippen molar-refractivity contribution in [3.8, 4) is 0 Å². The van der Waals surface area contributed by atoms with Crippen LogP contribution in [0.1, 0.15) is 30.9 Å². The highest BCUT2D eigenvalue weighted by atomic mass is 35.5. The lowest BCUT2D eigenvalue weighted by molar-refractivity contribution is -0.127. The predicted molar refractivity (Wildman–Crippen MR) is 81.8 cm³/mol. The Bertz CT molecular complexity index is 452. The maximum atomic E-state index is 12.2. The van der Waals surface area contributed by atoms with E-state index in [1.54, 1.807) is 11.3 Å². The molecular weight excluding hydrogens is 296 g/mol. The number of carbonyl (C=O) groups is 1. The van der Waals surface area contributed by atoms with Gasteiger partial charge in [-0.1, -0.05) is 0 Å². The number of aliphatic hydroxyl groups is 1. The number of halogens is 1. The van der Waals surface area contributed by atoms with Crippen LogP contribution < -0.4 is 11.1 Å². The van der Waals surface area contributed by atoms with Crippen molar-refractivity contribution in [1.82, 2.24) is 5.32 Å². The molecule has 5 atom stereocenters. The summed E-state index contributed by atoms with van der Waals surface area (Å²) >= 11 is 1.54. The lowest BCUT2D eigenvalue weighted by atomic mass is 9.84. The van der Waals surface area contributed by atoms with E-state index < -0.39 is 6.10 Å². The molecule has 6 heteroatoms. The Morgan fingerprint density at radius 2 is 2.25 bits per heavy atom. The number of nitrogens with one attached hydrogen (secondary N) is 1. The molecule has 0 saturated heterocycles. The highest BCUT2D eigenvalue weighted by Gasteiger charge is 2.48. The van der Waals surface area contributed by atoms with Gasteiger partial charge in [0.05, 0.1) is 12.0 Å². The van der Waals surface area contributed by atoms with Crippen LogP contribution in [0.3, 0.4) is 0 Å². The van der Waals surface area contributed by atoms with Gasteiger partial charge in [-0.25, -0.2) is 0 Å². The molecule has 4 N–H and O–H groups in total. The topological polar surface area (TPSA) is 75.4 Å². The zero-order valence-electron chi connectivity index (χ0n) is 11.2. The zero-order chi connectivity index (χ0) is 13.4. The first-order valence-corrected chi connectivity index (χ1v) is 7.84. The average molecular weight is 317 g/mol. The fourth-order valence-corrected chi connectivity index (χ4v) is 4.33. The molecule has 2 bridgehead atoms. The molecule has 0 aromatic carbocycles. The van der Waals surface area contributed by atoms with Gasteiger partial charge in [-0.3, -0.25) is 4.79 Å². The first kappa shape index (κ1) is 15.8. The van der Waals surface area contributed by atoms with E-state index in [4.69, 9.17) is 5.73 Å². The largest absolute Gasteiger partial charge is 0.387 e. The van der Waals surface area contributed by atoms with Gasteiger partial charge in [0.1, 0.15) is 0 Å². The Morgan fingerprint density at radius 1 is 1.50 bits per heavy atom. The number of rotatable bonds is 4. The van der Waals surface area contributed by atoms with Crippen molar-refractivity contribution in [2.75, 3.05) is 6.54 Å². The minimum atomic E-state index is -0.620. The molecule has 0 aliphatic heterocycles. The molecule has 2 saturated carbocycles. The molecule has 4 nitrogen and oxygen atoms in total. The number of carbonyl (C=O) groups excluding carboxylic acids is 1. The van der Waals surface area contributed by atoms with E-state index >= 15 is 0 Å². The van der Waals surface area contributed by atoms with E-state index in [1.165, 1.54) is 6.42 Å². The number of aliphatic hydroxyl groups excluding tert-OH is 1. The van der Waals surface area contributed by atoms with Gasteiger partial charge in [-0.2, -0.15) is 11.3 Å². The second kappa shape index (κ2) is 6.43. The van der Waals surface area contributed by atoms with Crippen molar-refractivity contribution in [1.29, 1.82) is 0 Å². The number of nitrogens with two attached hydrogens (primary N) is 1. The Balaban J connectivity index is 0.00000147. The molecule has 2 fully saturated rings. The third-order valence-corrected chi connectivity index (χ3v) is 5.38. The Hall–Kier alpha value is -0.620. The molecule has 0 spiro atoms. The monoisotopic (exact) mass is 316 g/mol. The van der Waals surface area contributed by atoms with Crippen molar-refractivity contribution in [3.63, 3.8) is 0 Å². The molecule has 1 aromatic rings. The fraction of sp³-hybridized carbons (Fsp3) is 0.643. The summed E-state index contributed by atoms with van der Waals surface area (Å²) < 4.78 is 0. The summed E-state index contributed by atoms with van der Waals surface area (Å²) in [5.74, 6) is 0.961. The fourth-order valence-electron chi connectivity index (χ4n) is 3.62. The molecule has 20 heavy (non-hydrogen) atoms. The molecular formula is C14H21ClN2O2S. The minimum absolute atomic E-state index is 0. The predicted octanol–water partition coefficient (Wildman–Crippen LogP) is 1.69. The van der Waals surface area contributed by atoms with Crippen LogP contribution in [0, 0.1) is 17.8 Å². The maximum absolute atomic E-state index is 12.2. The lowest BCUT2D eigenvalue weighted by Crippen LogP contribution is -2.46. The summed E-state index contributed by atoms with van der Waals surface area (Å²) in [7, 11) is 0. The smallest absolute Gasteiger partial charge is 0.225 e. The second-order valence-corrected chi connectivity index (χ2v) is 6.53. The van der Waals surface area contributed by atoms with Crippen LogP contribution in [0.5, 0.6) is 0 Å². The SMILES string of the molecule is Cl.NC1C2CCC(C2)C1C(=O)NCC(O)c1ccsc1. The molecule has 5 unspecified atom stereocenters. The van der Waals surface area contributed by atoms with E-state index in [-0.39, 0.29) is 36.8 Å². The first-order valence-electron chi connectivity index (χ1n) is 6.90. The molecule has 3 rings (SSSR count). The van der Waals surface area contributed by atoms with Gasteiger partial charge in [0.15, 0.2) is 0 Å². The van der Waals surface area contributed by atoms with Gasteiger partial charge in [0, 0.05) is 12.6 Å². The summed E-state index contributed by atoms with van der Waals surface area (Å²) in [6, 6.07) is 1.89. The number of hydrogen-bond donors (Lipinski definition) is 3. The second-order valence-electron chi connectivity index (χ2n) is 5.75. The molecule has 1 amide bonds. The van der Waals surface area contributed by atoms with Crippen molar-refractivity contribution in [3.05, 3.63) is 22.4 Å². The van der Waals surface area contributed by atoms with Crippen LogP contribution >= 0.6 is 23.7 Å². The highest BCUT2D eigenvalue weighted by Crippen LogP contribution is 2.47. The number of thiophene rings is 1. The van der Waals surface area contributed by atoms with Gasteiger partial charge >= 0.3 is 0 Å². The average Bonchev–Trinajstić information content (AvgIpc) is 3.11. The van der Waals surface area contributed by atoms with E-state index in [0.29, 0.717) is 11.8 Å². The standard InChI is InChI=1S/C14H20N2O2S.ClH/c15-13-9-2-1-8(5-9)12(13)14(18)16-6-11(17)10-3-4-19-7-10;/h3-4,7-9,11-13,17H,1-2,5-6,15H2,(H,16,18);1H. The quantitative estimate of drug-likeness (QED) is 0.791. The van der Waals surface area contributed by atoms with Gasteiger partial charge < -0.3 is 16.2 Å². The maximum Gasteiger partial charge on any atom is 0.225 e. The molecule has 2 aliphatic rings. The Morgan fingerprint density at radius 3 is 2.85 bits per heavy atom. The highest BCUT2D eigenvalue weighted by molar-refractivity contribution is 7.07. The molecule has 1 heterocycles.